The zero-order valence-electron chi connectivity index (χ0n) is 20.9. The third-order valence-electron chi connectivity index (χ3n) is 5.15. The van der Waals surface area contributed by atoms with Crippen LogP contribution < -0.4 is 16.2 Å². The molecule has 1 amide bonds. The number of hydrogen-bond acceptors (Lipinski definition) is 9. The quantitative estimate of drug-likeness (QED) is 0.204. The number of H-pyrrole nitrogens is 1. The van der Waals surface area contributed by atoms with Crippen molar-refractivity contribution in [1.82, 2.24) is 40.5 Å². The predicted octanol–water partition coefficient (Wildman–Crippen LogP) is 2.63. The molecule has 0 saturated heterocycles. The van der Waals surface area contributed by atoms with E-state index in [9.17, 15) is 31.5 Å². The summed E-state index contributed by atoms with van der Waals surface area (Å²) in [5.41, 5.74) is 0.106. The van der Waals surface area contributed by atoms with Crippen molar-refractivity contribution in [2.45, 2.75) is 25.2 Å². The molecule has 0 aliphatic rings. The van der Waals surface area contributed by atoms with Crippen LogP contribution in [0.2, 0.25) is 5.15 Å². The molecule has 0 spiro atoms. The van der Waals surface area contributed by atoms with Crippen molar-refractivity contribution < 1.29 is 36.6 Å². The smallest absolute Gasteiger partial charge is 0.475 e. The van der Waals surface area contributed by atoms with Gasteiger partial charge in [0.15, 0.2) is 5.82 Å². The van der Waals surface area contributed by atoms with Crippen LogP contribution in [0.4, 0.5) is 27.8 Å². The summed E-state index contributed by atoms with van der Waals surface area (Å²) in [7, 11) is 0. The molecule has 3 heterocycles. The fourth-order valence-electron chi connectivity index (χ4n) is 3.16. The van der Waals surface area contributed by atoms with Crippen molar-refractivity contribution in [2.24, 2.45) is 0 Å². The van der Waals surface area contributed by atoms with Gasteiger partial charge in [-0.05, 0) is 22.9 Å². The number of carbonyl (C=O) groups is 2. The van der Waals surface area contributed by atoms with Gasteiger partial charge in [-0.15, -0.1) is 10.2 Å². The molecule has 13 nitrogen and oxygen atoms in total. The SMILES string of the molecule is O=C(Cn1c(Cl)cnc(NCC(F)(F)c2ccccn2)c1=O)NCc1ccccc1-c1nn[nH]n1.O=C(O)C(F)(F)F. The summed E-state index contributed by atoms with van der Waals surface area (Å²) >= 11 is 6.05. The highest BCUT2D eigenvalue weighted by Gasteiger charge is 2.38. The molecule has 0 aliphatic carbocycles. The third-order valence-corrected chi connectivity index (χ3v) is 5.45. The molecule has 19 heteroatoms. The maximum Gasteiger partial charge on any atom is 0.490 e. The van der Waals surface area contributed by atoms with Crippen LogP contribution in [0, 0.1) is 0 Å². The lowest BCUT2D eigenvalue weighted by atomic mass is 10.1. The number of alkyl halides is 5. The highest BCUT2D eigenvalue weighted by atomic mass is 35.5. The lowest BCUT2D eigenvalue weighted by Crippen LogP contribution is -2.35. The van der Waals surface area contributed by atoms with Crippen LogP contribution in [0.15, 0.2) is 59.7 Å². The molecule has 4 aromatic rings. The highest BCUT2D eigenvalue weighted by molar-refractivity contribution is 6.29. The number of nitrogens with one attached hydrogen (secondary N) is 3. The Hall–Kier alpha value is -5.00. The van der Waals surface area contributed by atoms with Crippen LogP contribution in [0.25, 0.3) is 11.4 Å². The van der Waals surface area contributed by atoms with Crippen molar-refractivity contribution in [3.63, 3.8) is 0 Å². The molecule has 0 radical (unpaired) electrons. The predicted molar refractivity (Wildman–Crippen MR) is 135 cm³/mol. The van der Waals surface area contributed by atoms with Gasteiger partial charge in [0.25, 0.3) is 5.56 Å². The largest absolute Gasteiger partial charge is 0.490 e. The molecule has 0 atom stereocenters. The van der Waals surface area contributed by atoms with E-state index in [2.05, 4.69) is 41.2 Å². The van der Waals surface area contributed by atoms with Gasteiger partial charge in [-0.3, -0.25) is 19.1 Å². The Morgan fingerprint density at radius 1 is 1.05 bits per heavy atom. The molecule has 4 rings (SSSR count). The number of carbonyl (C=O) groups excluding carboxylic acids is 1. The number of carboxylic acid groups (broad SMARTS) is 1. The zero-order chi connectivity index (χ0) is 30.9. The molecule has 0 saturated carbocycles. The van der Waals surface area contributed by atoms with Gasteiger partial charge in [0.1, 0.15) is 17.4 Å². The average Bonchev–Trinajstić information content (AvgIpc) is 3.49. The van der Waals surface area contributed by atoms with Crippen molar-refractivity contribution in [3.8, 4) is 11.4 Å². The molecule has 0 unspecified atom stereocenters. The lowest BCUT2D eigenvalue weighted by molar-refractivity contribution is -0.192. The number of amides is 1. The monoisotopic (exact) mass is 615 g/mol. The minimum Gasteiger partial charge on any atom is -0.475 e. The van der Waals surface area contributed by atoms with Crippen molar-refractivity contribution >= 4 is 29.3 Å². The van der Waals surface area contributed by atoms with E-state index in [1.54, 1.807) is 24.3 Å². The van der Waals surface area contributed by atoms with E-state index in [1.807, 2.05) is 0 Å². The van der Waals surface area contributed by atoms with Crippen LogP contribution in [-0.4, -0.2) is 64.9 Å². The Labute approximate surface area is 236 Å². The van der Waals surface area contributed by atoms with Gasteiger partial charge in [-0.25, -0.2) is 9.78 Å². The normalized spacial score (nSPS) is 11.3. The van der Waals surface area contributed by atoms with Gasteiger partial charge < -0.3 is 15.7 Å². The second-order valence-corrected chi connectivity index (χ2v) is 8.45. The van der Waals surface area contributed by atoms with E-state index in [4.69, 9.17) is 21.5 Å². The van der Waals surface area contributed by atoms with E-state index in [1.165, 1.54) is 24.4 Å². The Kier molecular flexibility index (Phi) is 10.2. The number of rotatable bonds is 9. The Balaban J connectivity index is 0.000000616. The first-order chi connectivity index (χ1) is 19.8. The molecule has 1 aromatic carbocycles. The summed E-state index contributed by atoms with van der Waals surface area (Å²) in [5.74, 6) is -6.66. The summed E-state index contributed by atoms with van der Waals surface area (Å²) in [5, 5.41) is 25.8. The second kappa shape index (κ2) is 13.6. The summed E-state index contributed by atoms with van der Waals surface area (Å²) < 4.78 is 61.4. The second-order valence-electron chi connectivity index (χ2n) is 8.07. The number of nitrogens with zero attached hydrogens (tertiary/aromatic N) is 6. The maximum absolute atomic E-state index is 14.4. The van der Waals surface area contributed by atoms with E-state index in [0.29, 0.717) is 11.4 Å². The lowest BCUT2D eigenvalue weighted by Gasteiger charge is -2.17. The van der Waals surface area contributed by atoms with Gasteiger partial charge in [-0.2, -0.15) is 27.2 Å². The Bertz CT molecular complexity index is 1570. The fraction of sp³-hybridized carbons (Fsp3) is 0.217. The number of halogens is 6. The first-order valence-electron chi connectivity index (χ1n) is 11.5. The van der Waals surface area contributed by atoms with Gasteiger partial charge >= 0.3 is 18.1 Å². The molecule has 0 fully saturated rings. The Morgan fingerprint density at radius 2 is 1.74 bits per heavy atom. The minimum atomic E-state index is -5.08. The van der Waals surface area contributed by atoms with E-state index in [0.717, 1.165) is 16.3 Å². The number of anilines is 1. The third kappa shape index (κ3) is 8.50. The number of hydrogen-bond donors (Lipinski definition) is 4. The van der Waals surface area contributed by atoms with Crippen molar-refractivity contribution in [2.75, 3.05) is 11.9 Å². The van der Waals surface area contributed by atoms with E-state index in [-0.39, 0.29) is 17.5 Å². The maximum atomic E-state index is 14.4. The number of aliphatic carboxylic acids is 1. The highest BCUT2D eigenvalue weighted by Crippen LogP contribution is 2.26. The van der Waals surface area contributed by atoms with Crippen LogP contribution >= 0.6 is 11.6 Å². The van der Waals surface area contributed by atoms with E-state index >= 15 is 0 Å². The molecule has 0 aliphatic heterocycles. The molecular formula is C23H19ClF5N9O4. The van der Waals surface area contributed by atoms with Crippen LogP contribution in [0.3, 0.4) is 0 Å². The van der Waals surface area contributed by atoms with Gasteiger partial charge in [0.05, 0.1) is 12.7 Å². The molecular weight excluding hydrogens is 597 g/mol. The van der Waals surface area contributed by atoms with Crippen molar-refractivity contribution in [3.05, 3.63) is 81.6 Å². The molecule has 42 heavy (non-hydrogen) atoms. The summed E-state index contributed by atoms with van der Waals surface area (Å²) in [6.45, 7) is -1.26. The number of pyridine rings is 1. The number of aromatic amines is 1. The summed E-state index contributed by atoms with van der Waals surface area (Å²) in [6, 6.07) is 11.3. The molecule has 0 bridgehead atoms. The molecule has 222 valence electrons. The van der Waals surface area contributed by atoms with E-state index < -0.39 is 48.3 Å². The van der Waals surface area contributed by atoms with Gasteiger partial charge in [0.2, 0.25) is 11.7 Å². The topological polar surface area (TPSA) is 181 Å². The number of tetrazole rings is 1. The zero-order valence-corrected chi connectivity index (χ0v) is 21.7. The number of benzene rings is 1. The minimum absolute atomic E-state index is 0.113. The number of carboxylic acids is 1. The fourth-order valence-corrected chi connectivity index (χ4v) is 3.35. The first-order valence-corrected chi connectivity index (χ1v) is 11.8. The number of aromatic nitrogens is 7. The summed E-state index contributed by atoms with van der Waals surface area (Å²) in [6.07, 6.45) is -2.74. The van der Waals surface area contributed by atoms with Crippen LogP contribution in [-0.2, 0) is 28.6 Å². The standard InChI is InChI=1S/C21H18ClF2N9O2.C2HF3O2/c22-16-10-27-19(28-12-21(23,24)15-7-3-4-8-25-15)20(35)33(16)11-17(34)26-9-13-5-1-2-6-14(13)18-29-31-32-30-18;3-2(4,5)1(6)7/h1-8,10H,9,11-12H2,(H,26,34)(H,27,28)(H,29,30,31,32);(H,6,7). The molecule has 3 aromatic heterocycles. The molecule has 4 N–H and O–H groups in total. The van der Waals surface area contributed by atoms with Crippen molar-refractivity contribution in [1.29, 1.82) is 0 Å². The van der Waals surface area contributed by atoms with Crippen LogP contribution in [0.5, 0.6) is 0 Å². The first kappa shape index (κ1) is 31.5. The van der Waals surface area contributed by atoms with Gasteiger partial charge in [-0.1, -0.05) is 41.9 Å². The average molecular weight is 616 g/mol. The van der Waals surface area contributed by atoms with Crippen LogP contribution in [0.1, 0.15) is 11.3 Å². The van der Waals surface area contributed by atoms with Gasteiger partial charge in [0, 0.05) is 18.3 Å². The summed E-state index contributed by atoms with van der Waals surface area (Å²) in [4.78, 5) is 41.6. The Morgan fingerprint density at radius 3 is 2.36 bits per heavy atom.